The number of H-pyrrole nitrogens is 1. The van der Waals surface area contributed by atoms with Gasteiger partial charge in [-0.2, -0.15) is 18.3 Å². The molecule has 0 saturated heterocycles. The van der Waals surface area contributed by atoms with Crippen molar-refractivity contribution in [1.82, 2.24) is 4.98 Å². The predicted octanol–water partition coefficient (Wildman–Crippen LogP) is 0.812. The molecule has 0 radical (unpaired) electrons. The van der Waals surface area contributed by atoms with Crippen LogP contribution in [0.2, 0.25) is 0 Å². The third-order valence-electron chi connectivity index (χ3n) is 0.442. The van der Waals surface area contributed by atoms with Crippen molar-refractivity contribution in [1.29, 1.82) is 0 Å². The molecule has 1 aromatic rings. The van der Waals surface area contributed by atoms with Crippen LogP contribution in [0.5, 0.6) is 0 Å². The topological polar surface area (TPSA) is 15.8 Å². The maximum Gasteiger partial charge on any atom is 0 e. The predicted molar refractivity (Wildman–Crippen MR) is 19.6 cm³/mol. The van der Waals surface area contributed by atoms with Gasteiger partial charge in [0, 0.05) is 25.8 Å². The number of hydrogen-bond donors (Lipinski definition) is 1. The molecule has 0 aromatic carbocycles. The summed E-state index contributed by atoms with van der Waals surface area (Å²) in [7, 11) is 0. The van der Waals surface area contributed by atoms with Gasteiger partial charge < -0.3 is 4.98 Å². The number of aromatic amines is 1. The molecule has 1 rings (SSSR count). The van der Waals surface area contributed by atoms with Gasteiger partial charge in [0.05, 0.1) is 0 Å². The number of aromatic nitrogens is 1. The second-order valence-corrected chi connectivity index (χ2v) is 0.814. The first-order chi connectivity index (χ1) is 2.50. The van der Waals surface area contributed by atoms with E-state index in [0.717, 1.165) is 0 Å². The largest absolute Gasteiger partial charge is 0.484 e. The molecule has 0 unspecified atom stereocenters. The van der Waals surface area contributed by atoms with Crippen LogP contribution in [0.4, 0.5) is 0 Å². The molecule has 0 fully saturated rings. The van der Waals surface area contributed by atoms with Crippen molar-refractivity contribution in [3.05, 3.63) is 24.5 Å². The summed E-state index contributed by atoms with van der Waals surface area (Å²) >= 11 is 0. The van der Waals surface area contributed by atoms with Crippen LogP contribution in [0, 0.1) is 6.20 Å². The first-order valence-electron chi connectivity index (χ1n) is 1.49. The fourth-order valence-electron chi connectivity index (χ4n) is 0.241. The van der Waals surface area contributed by atoms with E-state index in [2.05, 4.69) is 11.2 Å². The summed E-state index contributed by atoms with van der Waals surface area (Å²) in [6.45, 7) is 0. The molecule has 30 valence electrons. The summed E-state index contributed by atoms with van der Waals surface area (Å²) in [5, 5.41) is 0. The zero-order valence-electron chi connectivity index (χ0n) is 3.23. The normalized spacial score (nSPS) is 6.67. The van der Waals surface area contributed by atoms with Crippen LogP contribution in [0.3, 0.4) is 0 Å². The maximum atomic E-state index is 2.74. The quantitative estimate of drug-likeness (QED) is 0.514. The van der Waals surface area contributed by atoms with Gasteiger partial charge in [0.15, 0.2) is 0 Å². The Morgan fingerprint density at radius 1 is 1.50 bits per heavy atom. The van der Waals surface area contributed by atoms with Crippen molar-refractivity contribution < 1.29 is 25.8 Å². The van der Waals surface area contributed by atoms with Gasteiger partial charge in [-0.15, -0.1) is 6.20 Å². The molecule has 0 bridgehead atoms. The third kappa shape index (κ3) is 1.55. The number of hydrogen-bond acceptors (Lipinski definition) is 0. The van der Waals surface area contributed by atoms with Crippen LogP contribution < -0.4 is 0 Å². The summed E-state index contributed by atoms with van der Waals surface area (Å²) in [5.74, 6) is 0. The molecule has 6 heavy (non-hydrogen) atoms. The van der Waals surface area contributed by atoms with E-state index < -0.39 is 0 Å². The van der Waals surface area contributed by atoms with Gasteiger partial charge in [-0.3, -0.25) is 0 Å². The smallest absolute Gasteiger partial charge is 0 e. The third-order valence-corrected chi connectivity index (χ3v) is 0.442. The van der Waals surface area contributed by atoms with E-state index >= 15 is 0 Å². The van der Waals surface area contributed by atoms with E-state index in [-0.39, 0.29) is 25.8 Å². The van der Waals surface area contributed by atoms with Gasteiger partial charge in [-0.25, -0.2) is 0 Å². The molecule has 0 aliphatic rings. The minimum Gasteiger partial charge on any atom is -0.484 e. The van der Waals surface area contributed by atoms with Crippen LogP contribution in [-0.4, -0.2) is 4.98 Å². The second kappa shape index (κ2) is 3.34. The summed E-state index contributed by atoms with van der Waals surface area (Å²) in [5.41, 5.74) is 0. The number of rotatable bonds is 0. The van der Waals surface area contributed by atoms with E-state index in [1.165, 1.54) is 0 Å². The molecule has 0 saturated carbocycles. The SMILES string of the molecule is [Hf].[c-]1ccc[nH]1. The van der Waals surface area contributed by atoms with Crippen LogP contribution in [0.25, 0.3) is 0 Å². The summed E-state index contributed by atoms with van der Waals surface area (Å²) < 4.78 is 0. The monoisotopic (exact) mass is 246 g/mol. The van der Waals surface area contributed by atoms with Crippen LogP contribution in [0.1, 0.15) is 0 Å². The summed E-state index contributed by atoms with van der Waals surface area (Å²) in [6, 6.07) is 3.71. The average molecular weight is 245 g/mol. The van der Waals surface area contributed by atoms with Crippen LogP contribution >= 0.6 is 0 Å². The Morgan fingerprint density at radius 3 is 2.50 bits per heavy atom. The summed E-state index contributed by atoms with van der Waals surface area (Å²) in [4.78, 5) is 2.74. The Labute approximate surface area is 55.5 Å². The van der Waals surface area contributed by atoms with Crippen molar-refractivity contribution in [3.63, 3.8) is 0 Å². The standard InChI is InChI=1S/C4H4N.Hf/c1-2-4-5-3-1;/h1-3,5H;/q-1;. The Kier molecular flexibility index (Phi) is 3.43. The van der Waals surface area contributed by atoms with Crippen LogP contribution in [-0.2, 0) is 25.8 Å². The summed E-state index contributed by atoms with van der Waals surface area (Å²) in [6.07, 6.45) is 4.56. The van der Waals surface area contributed by atoms with Gasteiger partial charge in [0.25, 0.3) is 0 Å². The molecular weight excluding hydrogens is 241 g/mol. The Morgan fingerprint density at radius 2 is 2.33 bits per heavy atom. The minimum atomic E-state index is 0. The molecule has 0 atom stereocenters. The van der Waals surface area contributed by atoms with Crippen molar-refractivity contribution in [2.24, 2.45) is 0 Å². The van der Waals surface area contributed by atoms with Gasteiger partial charge in [0.1, 0.15) is 0 Å². The molecule has 0 amide bonds. The van der Waals surface area contributed by atoms with E-state index in [1.807, 2.05) is 18.3 Å². The van der Waals surface area contributed by atoms with Gasteiger partial charge in [-0.1, -0.05) is 0 Å². The van der Waals surface area contributed by atoms with E-state index in [4.69, 9.17) is 0 Å². The molecule has 0 spiro atoms. The van der Waals surface area contributed by atoms with Crippen LogP contribution in [0.15, 0.2) is 18.3 Å². The Balaban J connectivity index is 0.000000250. The molecule has 0 aliphatic carbocycles. The zero-order chi connectivity index (χ0) is 3.54. The van der Waals surface area contributed by atoms with Gasteiger partial charge in [0.2, 0.25) is 0 Å². The molecular formula is C4H4HfN-. The fourth-order valence-corrected chi connectivity index (χ4v) is 0.241. The first kappa shape index (κ1) is 6.15. The average Bonchev–Trinajstić information content (AvgIpc) is 1.76. The van der Waals surface area contributed by atoms with E-state index in [9.17, 15) is 0 Å². The van der Waals surface area contributed by atoms with Crippen molar-refractivity contribution in [2.75, 3.05) is 0 Å². The van der Waals surface area contributed by atoms with E-state index in [1.54, 1.807) is 0 Å². The molecule has 1 nitrogen and oxygen atoms in total. The maximum absolute atomic E-state index is 2.74. The first-order valence-corrected chi connectivity index (χ1v) is 1.49. The zero-order valence-corrected chi connectivity index (χ0v) is 6.82. The van der Waals surface area contributed by atoms with Gasteiger partial charge in [-0.05, 0) is 0 Å². The second-order valence-electron chi connectivity index (χ2n) is 0.814. The fraction of sp³-hybridized carbons (Fsp3) is 0. The van der Waals surface area contributed by atoms with Gasteiger partial charge >= 0.3 is 0 Å². The van der Waals surface area contributed by atoms with Crippen molar-refractivity contribution >= 4 is 0 Å². The molecule has 2 heteroatoms. The van der Waals surface area contributed by atoms with E-state index in [0.29, 0.717) is 0 Å². The molecule has 0 aliphatic heterocycles. The van der Waals surface area contributed by atoms with Crippen molar-refractivity contribution in [2.45, 2.75) is 0 Å². The Hall–Kier alpha value is 0.150. The number of nitrogens with one attached hydrogen (secondary N) is 1. The minimum absolute atomic E-state index is 0. The Bertz CT molecular complexity index is 64.0. The molecule has 1 aromatic heterocycles. The molecule has 1 N–H and O–H groups in total. The van der Waals surface area contributed by atoms with Crippen molar-refractivity contribution in [3.8, 4) is 0 Å². The molecule has 1 heterocycles.